The highest BCUT2D eigenvalue weighted by atomic mass is 35.5. The molecule has 2 heterocycles. The molecule has 9 heteroatoms. The number of aromatic nitrogens is 1. The second-order valence-electron chi connectivity index (χ2n) is 7.34. The van der Waals surface area contributed by atoms with Crippen LogP contribution in [0.25, 0.3) is 16.0 Å². The fraction of sp³-hybridized carbons (Fsp3) is 0.0417. The minimum atomic E-state index is -0.955. The maximum atomic E-state index is 13.7. The number of nitrogens with zero attached hydrogens (tertiary/aromatic N) is 2. The SMILES string of the molecule is O=C1C(=O)N(c2nc3ccc(F)cc3s2)C(c2ccc(Cl)cc2)/C1=C(\O)c1ccc(Cl)cc1. The van der Waals surface area contributed by atoms with Gasteiger partial charge in [0.2, 0.25) is 0 Å². The van der Waals surface area contributed by atoms with E-state index in [1.165, 1.54) is 23.1 Å². The number of rotatable bonds is 3. The predicted octanol–water partition coefficient (Wildman–Crippen LogP) is 6.37. The Labute approximate surface area is 201 Å². The molecule has 1 aliphatic rings. The zero-order chi connectivity index (χ0) is 23.3. The second kappa shape index (κ2) is 8.26. The molecule has 0 bridgehead atoms. The van der Waals surface area contributed by atoms with Crippen LogP contribution in [0.15, 0.2) is 72.3 Å². The normalized spacial score (nSPS) is 17.8. The number of carbonyl (C=O) groups is 2. The average molecular weight is 499 g/mol. The van der Waals surface area contributed by atoms with Gasteiger partial charge in [0.05, 0.1) is 21.8 Å². The molecule has 4 aromatic rings. The average Bonchev–Trinajstić information content (AvgIpc) is 3.32. The van der Waals surface area contributed by atoms with Crippen LogP contribution in [0.5, 0.6) is 0 Å². The summed E-state index contributed by atoms with van der Waals surface area (Å²) in [6, 6.07) is 16.0. The van der Waals surface area contributed by atoms with Crippen LogP contribution in [-0.2, 0) is 9.59 Å². The van der Waals surface area contributed by atoms with Crippen molar-refractivity contribution in [3.63, 3.8) is 0 Å². The van der Waals surface area contributed by atoms with Crippen LogP contribution in [-0.4, -0.2) is 21.8 Å². The van der Waals surface area contributed by atoms with E-state index < -0.39 is 23.5 Å². The molecule has 0 spiro atoms. The predicted molar refractivity (Wildman–Crippen MR) is 127 cm³/mol. The van der Waals surface area contributed by atoms with E-state index in [9.17, 15) is 19.1 Å². The molecular weight excluding hydrogens is 486 g/mol. The number of ketones is 1. The van der Waals surface area contributed by atoms with Gasteiger partial charge in [-0.2, -0.15) is 0 Å². The third kappa shape index (κ3) is 3.78. The zero-order valence-electron chi connectivity index (χ0n) is 16.6. The van der Waals surface area contributed by atoms with Gasteiger partial charge in [-0.15, -0.1) is 0 Å². The molecule has 1 atom stereocenters. The third-order valence-corrected chi connectivity index (χ3v) is 6.81. The molecule has 33 heavy (non-hydrogen) atoms. The highest BCUT2D eigenvalue weighted by molar-refractivity contribution is 7.22. The van der Waals surface area contributed by atoms with Gasteiger partial charge in [0.15, 0.2) is 5.13 Å². The molecule has 1 saturated heterocycles. The number of thiazole rings is 1. The minimum Gasteiger partial charge on any atom is -0.507 e. The van der Waals surface area contributed by atoms with Crippen molar-refractivity contribution >= 4 is 67.3 Å². The van der Waals surface area contributed by atoms with Gasteiger partial charge in [0, 0.05) is 15.6 Å². The molecule has 164 valence electrons. The van der Waals surface area contributed by atoms with Crippen molar-refractivity contribution in [2.24, 2.45) is 0 Å². The molecule has 3 aromatic carbocycles. The molecule has 1 amide bonds. The van der Waals surface area contributed by atoms with Crippen molar-refractivity contribution in [1.82, 2.24) is 4.98 Å². The van der Waals surface area contributed by atoms with E-state index in [1.54, 1.807) is 48.5 Å². The van der Waals surface area contributed by atoms with Crippen LogP contribution in [0.2, 0.25) is 10.0 Å². The summed E-state index contributed by atoms with van der Waals surface area (Å²) in [5.74, 6) is -2.46. The maximum Gasteiger partial charge on any atom is 0.301 e. The molecule has 1 N–H and O–H groups in total. The van der Waals surface area contributed by atoms with Gasteiger partial charge in [-0.05, 0) is 60.2 Å². The van der Waals surface area contributed by atoms with Crippen molar-refractivity contribution in [2.75, 3.05) is 4.90 Å². The Morgan fingerprint density at radius 1 is 0.970 bits per heavy atom. The fourth-order valence-electron chi connectivity index (χ4n) is 3.74. The van der Waals surface area contributed by atoms with E-state index in [-0.39, 0.29) is 16.5 Å². The molecule has 1 aliphatic heterocycles. The number of Topliss-reactive ketones (excluding diaryl/α,β-unsaturated/α-hetero) is 1. The lowest BCUT2D eigenvalue weighted by molar-refractivity contribution is -0.132. The molecule has 0 saturated carbocycles. The number of amides is 1. The van der Waals surface area contributed by atoms with Crippen molar-refractivity contribution in [3.05, 3.63) is 99.3 Å². The lowest BCUT2D eigenvalue weighted by Crippen LogP contribution is -2.29. The third-order valence-electron chi connectivity index (χ3n) is 5.29. The van der Waals surface area contributed by atoms with Crippen molar-refractivity contribution in [1.29, 1.82) is 0 Å². The Hall–Kier alpha value is -3.26. The van der Waals surface area contributed by atoms with E-state index in [4.69, 9.17) is 23.2 Å². The Balaban J connectivity index is 1.73. The summed E-state index contributed by atoms with van der Waals surface area (Å²) < 4.78 is 14.2. The first-order valence-corrected chi connectivity index (χ1v) is 11.3. The number of hydrogen-bond donors (Lipinski definition) is 1. The summed E-state index contributed by atoms with van der Waals surface area (Å²) in [6.07, 6.45) is 0. The van der Waals surface area contributed by atoms with E-state index in [2.05, 4.69) is 4.98 Å². The molecule has 1 unspecified atom stereocenters. The maximum absolute atomic E-state index is 13.7. The largest absolute Gasteiger partial charge is 0.507 e. The van der Waals surface area contributed by atoms with Crippen LogP contribution in [0.3, 0.4) is 0 Å². The molecule has 1 aromatic heterocycles. The summed E-state index contributed by atoms with van der Waals surface area (Å²) in [5, 5.41) is 12.2. The quantitative estimate of drug-likeness (QED) is 0.202. The fourth-order valence-corrected chi connectivity index (χ4v) is 5.01. The number of benzene rings is 3. The molecule has 0 aliphatic carbocycles. The first-order valence-electron chi connectivity index (χ1n) is 9.72. The number of aliphatic hydroxyl groups excluding tert-OH is 1. The lowest BCUT2D eigenvalue weighted by Gasteiger charge is -2.23. The van der Waals surface area contributed by atoms with E-state index in [1.807, 2.05) is 0 Å². The summed E-state index contributed by atoms with van der Waals surface area (Å²) in [4.78, 5) is 32.0. The first-order chi connectivity index (χ1) is 15.8. The van der Waals surface area contributed by atoms with E-state index in [0.29, 0.717) is 31.4 Å². The molecule has 1 fully saturated rings. The minimum absolute atomic E-state index is 0.0879. The number of carbonyl (C=O) groups excluding carboxylic acids is 2. The van der Waals surface area contributed by atoms with Gasteiger partial charge in [-0.25, -0.2) is 9.37 Å². The Kier molecular flexibility index (Phi) is 5.40. The van der Waals surface area contributed by atoms with Gasteiger partial charge in [0.1, 0.15) is 11.6 Å². The summed E-state index contributed by atoms with van der Waals surface area (Å²) >= 11 is 13.1. The van der Waals surface area contributed by atoms with Gasteiger partial charge in [0.25, 0.3) is 5.78 Å². The summed E-state index contributed by atoms with van der Waals surface area (Å²) in [7, 11) is 0. The van der Waals surface area contributed by atoms with Gasteiger partial charge >= 0.3 is 5.91 Å². The topological polar surface area (TPSA) is 70.5 Å². The Bertz CT molecular complexity index is 1450. The van der Waals surface area contributed by atoms with E-state index >= 15 is 0 Å². The summed E-state index contributed by atoms with van der Waals surface area (Å²) in [5.41, 5.74) is 1.29. The van der Waals surface area contributed by atoms with Gasteiger partial charge in [-0.1, -0.05) is 46.7 Å². The smallest absolute Gasteiger partial charge is 0.301 e. The van der Waals surface area contributed by atoms with Crippen molar-refractivity contribution < 1.29 is 19.1 Å². The van der Waals surface area contributed by atoms with E-state index in [0.717, 1.165) is 11.3 Å². The van der Waals surface area contributed by atoms with Crippen LogP contribution < -0.4 is 4.90 Å². The van der Waals surface area contributed by atoms with Crippen LogP contribution in [0, 0.1) is 5.82 Å². The molecule has 5 rings (SSSR count). The number of fused-ring (bicyclic) bond motifs is 1. The molecule has 0 radical (unpaired) electrons. The standard InChI is InChI=1S/C24H13Cl2FN2O3S/c25-14-5-1-12(2-6-14)20-19(21(30)13-3-7-15(26)8-4-13)22(31)23(32)29(20)24-28-17-10-9-16(27)11-18(17)33-24/h1-11,20,30H/b21-19+. The highest BCUT2D eigenvalue weighted by Gasteiger charge is 2.48. The first kappa shape index (κ1) is 21.6. The summed E-state index contributed by atoms with van der Waals surface area (Å²) in [6.45, 7) is 0. The Morgan fingerprint density at radius 2 is 1.61 bits per heavy atom. The van der Waals surface area contributed by atoms with Crippen molar-refractivity contribution in [2.45, 2.75) is 6.04 Å². The van der Waals surface area contributed by atoms with Gasteiger partial charge in [-0.3, -0.25) is 14.5 Å². The molecule has 5 nitrogen and oxygen atoms in total. The van der Waals surface area contributed by atoms with Crippen LogP contribution >= 0.6 is 34.5 Å². The second-order valence-corrected chi connectivity index (χ2v) is 9.22. The highest BCUT2D eigenvalue weighted by Crippen LogP contribution is 2.44. The Morgan fingerprint density at radius 3 is 2.27 bits per heavy atom. The van der Waals surface area contributed by atoms with Crippen LogP contribution in [0.1, 0.15) is 17.2 Å². The number of anilines is 1. The number of halogens is 3. The number of aliphatic hydroxyl groups is 1. The van der Waals surface area contributed by atoms with Crippen LogP contribution in [0.4, 0.5) is 9.52 Å². The zero-order valence-corrected chi connectivity index (χ0v) is 19.0. The monoisotopic (exact) mass is 498 g/mol. The van der Waals surface area contributed by atoms with Gasteiger partial charge < -0.3 is 5.11 Å². The lowest BCUT2D eigenvalue weighted by atomic mass is 9.95. The van der Waals surface area contributed by atoms with Crippen molar-refractivity contribution in [3.8, 4) is 0 Å². The molecular formula is C24H13Cl2FN2O3S. The number of hydrogen-bond acceptors (Lipinski definition) is 5.